The van der Waals surface area contributed by atoms with Gasteiger partial charge in [0.2, 0.25) is 0 Å². The van der Waals surface area contributed by atoms with E-state index in [4.69, 9.17) is 0 Å². The van der Waals surface area contributed by atoms with E-state index in [2.05, 4.69) is 4.74 Å². The van der Waals surface area contributed by atoms with Crippen LogP contribution in [-0.2, 0) is 11.0 Å². The van der Waals surface area contributed by atoms with E-state index in [-0.39, 0.29) is 5.92 Å². The first-order valence-corrected chi connectivity index (χ1v) is 10.6. The molecule has 0 amide bonds. The van der Waals surface area contributed by atoms with Gasteiger partial charge in [0.25, 0.3) is 0 Å². The van der Waals surface area contributed by atoms with Crippen LogP contribution in [0.4, 0.5) is 26.3 Å². The number of carbonyl (C=O) groups is 1. The summed E-state index contributed by atoms with van der Waals surface area (Å²) in [5.74, 6) is -2.30. The lowest BCUT2D eigenvalue weighted by atomic mass is 9.86. The number of aliphatic carboxylic acids is 1. The molecule has 9 heteroatoms. The summed E-state index contributed by atoms with van der Waals surface area (Å²) < 4.78 is 80.3. The fraction of sp³-hybridized carbons (Fsp3) is 0.269. The number of halogens is 6. The molecule has 0 radical (unpaired) electrons. The van der Waals surface area contributed by atoms with Crippen molar-refractivity contribution in [3.05, 3.63) is 77.9 Å². The van der Waals surface area contributed by atoms with E-state index in [1.54, 1.807) is 18.2 Å². The molecule has 3 rings (SSSR count). The van der Waals surface area contributed by atoms with Gasteiger partial charge in [0.1, 0.15) is 5.75 Å². The third-order valence-electron chi connectivity index (χ3n) is 5.33. The Morgan fingerprint density at radius 3 is 1.69 bits per heavy atom. The second-order valence-electron chi connectivity index (χ2n) is 8.51. The fourth-order valence-corrected chi connectivity index (χ4v) is 3.74. The zero-order valence-corrected chi connectivity index (χ0v) is 18.7. The predicted octanol–water partition coefficient (Wildman–Crippen LogP) is 8.15. The van der Waals surface area contributed by atoms with Gasteiger partial charge < -0.3 is 9.84 Å². The third kappa shape index (κ3) is 7.00. The first kappa shape index (κ1) is 26.1. The standard InChI is InChI=1S/C26H22F6O3/c1-15(2)11-23(24(33)34)20-13-18(16-3-7-21(8-4-16)25(27,28)29)12-19(14-20)17-5-9-22(10-6-17)35-26(30,31)32/h3-10,12-15,23H,11H2,1-2H3,(H,33,34). The van der Waals surface area contributed by atoms with Crippen molar-refractivity contribution >= 4 is 5.97 Å². The summed E-state index contributed by atoms with van der Waals surface area (Å²) in [6, 6.07) is 14.4. The van der Waals surface area contributed by atoms with Crippen LogP contribution in [0.15, 0.2) is 66.7 Å². The lowest BCUT2D eigenvalue weighted by Crippen LogP contribution is -2.16. The van der Waals surface area contributed by atoms with E-state index < -0.39 is 35.7 Å². The van der Waals surface area contributed by atoms with Crippen LogP contribution in [0, 0.1) is 5.92 Å². The molecule has 35 heavy (non-hydrogen) atoms. The van der Waals surface area contributed by atoms with E-state index >= 15 is 0 Å². The topological polar surface area (TPSA) is 46.5 Å². The van der Waals surface area contributed by atoms with E-state index in [9.17, 15) is 36.2 Å². The minimum Gasteiger partial charge on any atom is -0.481 e. The van der Waals surface area contributed by atoms with Gasteiger partial charge in [-0.2, -0.15) is 13.2 Å². The number of carboxylic acid groups (broad SMARTS) is 1. The molecule has 0 spiro atoms. The van der Waals surface area contributed by atoms with Crippen LogP contribution in [0.5, 0.6) is 5.75 Å². The van der Waals surface area contributed by atoms with Gasteiger partial charge in [-0.05, 0) is 70.5 Å². The minimum absolute atomic E-state index is 0.0491. The summed E-state index contributed by atoms with van der Waals surface area (Å²) in [5.41, 5.74) is 1.54. The molecule has 0 heterocycles. The average molecular weight is 496 g/mol. The molecular weight excluding hydrogens is 474 g/mol. The molecule has 3 aromatic carbocycles. The molecule has 0 aliphatic heterocycles. The van der Waals surface area contributed by atoms with Gasteiger partial charge in [0, 0.05) is 0 Å². The summed E-state index contributed by atoms with van der Waals surface area (Å²) in [6.45, 7) is 3.74. The zero-order valence-electron chi connectivity index (χ0n) is 18.7. The monoisotopic (exact) mass is 496 g/mol. The Morgan fingerprint density at radius 1 is 0.800 bits per heavy atom. The van der Waals surface area contributed by atoms with Crippen LogP contribution in [0.1, 0.15) is 37.3 Å². The first-order valence-electron chi connectivity index (χ1n) is 10.6. The molecule has 3 nitrogen and oxygen atoms in total. The number of benzene rings is 3. The highest BCUT2D eigenvalue weighted by molar-refractivity contribution is 5.80. The molecule has 0 aromatic heterocycles. The Labute approximate surface area is 198 Å². The quantitative estimate of drug-likeness (QED) is 0.336. The van der Waals surface area contributed by atoms with E-state index in [1.165, 1.54) is 24.3 Å². The molecule has 3 aromatic rings. The van der Waals surface area contributed by atoms with Crippen LogP contribution in [-0.4, -0.2) is 17.4 Å². The normalized spacial score (nSPS) is 13.1. The van der Waals surface area contributed by atoms with Crippen LogP contribution in [0.25, 0.3) is 22.3 Å². The predicted molar refractivity (Wildman–Crippen MR) is 119 cm³/mol. The molecule has 1 N–H and O–H groups in total. The van der Waals surface area contributed by atoms with Crippen molar-refractivity contribution in [3.63, 3.8) is 0 Å². The average Bonchev–Trinajstić information content (AvgIpc) is 2.76. The van der Waals surface area contributed by atoms with Crippen molar-refractivity contribution in [2.24, 2.45) is 5.92 Å². The minimum atomic E-state index is -4.84. The summed E-state index contributed by atoms with van der Waals surface area (Å²) in [5, 5.41) is 9.82. The Bertz CT molecular complexity index is 1160. The van der Waals surface area contributed by atoms with Crippen LogP contribution in [0.2, 0.25) is 0 Å². The van der Waals surface area contributed by atoms with Crippen molar-refractivity contribution in [1.29, 1.82) is 0 Å². The summed E-state index contributed by atoms with van der Waals surface area (Å²) in [4.78, 5) is 12.0. The summed E-state index contributed by atoms with van der Waals surface area (Å²) in [6.07, 6.45) is -9.02. The number of hydrogen-bond acceptors (Lipinski definition) is 2. The van der Waals surface area contributed by atoms with Gasteiger partial charge >= 0.3 is 18.5 Å². The Balaban J connectivity index is 2.10. The second-order valence-corrected chi connectivity index (χ2v) is 8.51. The maximum Gasteiger partial charge on any atom is 0.573 e. The number of hydrogen-bond donors (Lipinski definition) is 1. The molecule has 0 aliphatic rings. The molecule has 0 bridgehead atoms. The summed E-state index contributed by atoms with van der Waals surface area (Å²) in [7, 11) is 0. The number of alkyl halides is 6. The fourth-order valence-electron chi connectivity index (χ4n) is 3.74. The highest BCUT2D eigenvalue weighted by Gasteiger charge is 2.31. The van der Waals surface area contributed by atoms with Gasteiger partial charge in [-0.3, -0.25) is 4.79 Å². The molecular formula is C26H22F6O3. The van der Waals surface area contributed by atoms with E-state index in [0.717, 1.165) is 24.3 Å². The van der Waals surface area contributed by atoms with Crippen molar-refractivity contribution in [2.75, 3.05) is 0 Å². The van der Waals surface area contributed by atoms with Crippen LogP contribution in [0.3, 0.4) is 0 Å². The maximum absolute atomic E-state index is 13.0. The van der Waals surface area contributed by atoms with E-state index in [0.29, 0.717) is 34.2 Å². The summed E-state index contributed by atoms with van der Waals surface area (Å²) >= 11 is 0. The Kier molecular flexibility index (Phi) is 7.47. The SMILES string of the molecule is CC(C)CC(C(=O)O)c1cc(-c2ccc(OC(F)(F)F)cc2)cc(-c2ccc(C(F)(F)F)cc2)c1. The number of carboxylic acids is 1. The van der Waals surface area contributed by atoms with Gasteiger partial charge in [-0.15, -0.1) is 13.2 Å². The van der Waals surface area contributed by atoms with Gasteiger partial charge in [0.05, 0.1) is 11.5 Å². The van der Waals surface area contributed by atoms with Crippen LogP contribution >= 0.6 is 0 Å². The number of ether oxygens (including phenoxy) is 1. The van der Waals surface area contributed by atoms with E-state index in [1.807, 2.05) is 13.8 Å². The Hall–Kier alpha value is -3.49. The molecule has 0 aliphatic carbocycles. The van der Waals surface area contributed by atoms with Gasteiger partial charge in [-0.1, -0.05) is 50.2 Å². The lowest BCUT2D eigenvalue weighted by molar-refractivity contribution is -0.274. The van der Waals surface area contributed by atoms with Crippen molar-refractivity contribution < 1.29 is 41.0 Å². The number of rotatable bonds is 7. The third-order valence-corrected chi connectivity index (χ3v) is 5.33. The molecule has 0 saturated carbocycles. The zero-order chi connectivity index (χ0) is 26.0. The van der Waals surface area contributed by atoms with Gasteiger partial charge in [-0.25, -0.2) is 0 Å². The highest BCUT2D eigenvalue weighted by atomic mass is 19.4. The molecule has 0 fully saturated rings. The second kappa shape index (κ2) is 10.0. The maximum atomic E-state index is 13.0. The van der Waals surface area contributed by atoms with Gasteiger partial charge in [0.15, 0.2) is 0 Å². The first-order chi connectivity index (χ1) is 16.2. The van der Waals surface area contributed by atoms with Crippen molar-refractivity contribution in [3.8, 4) is 28.0 Å². The molecule has 0 saturated heterocycles. The highest BCUT2D eigenvalue weighted by Crippen LogP contribution is 2.36. The van der Waals surface area contributed by atoms with Crippen molar-refractivity contribution in [1.82, 2.24) is 0 Å². The lowest BCUT2D eigenvalue weighted by Gasteiger charge is -2.18. The molecule has 186 valence electrons. The smallest absolute Gasteiger partial charge is 0.481 e. The Morgan fingerprint density at radius 2 is 1.29 bits per heavy atom. The molecule has 1 atom stereocenters. The van der Waals surface area contributed by atoms with Crippen LogP contribution < -0.4 is 4.74 Å². The van der Waals surface area contributed by atoms with Crippen molar-refractivity contribution in [2.45, 2.75) is 38.7 Å². The molecule has 1 unspecified atom stereocenters. The largest absolute Gasteiger partial charge is 0.573 e.